The molecule has 1 aromatic rings. The number of carbonyl (C=O) groups is 1. The Balaban J connectivity index is 1.75. The molecule has 0 aliphatic rings. The van der Waals surface area contributed by atoms with Gasteiger partial charge in [0.1, 0.15) is 5.82 Å². The number of unbranched alkanes of at least 4 members (excludes halogenated alkanes) is 15. The summed E-state index contributed by atoms with van der Waals surface area (Å²) < 4.78 is 12.9. The van der Waals surface area contributed by atoms with Gasteiger partial charge in [-0.25, -0.2) is 4.39 Å². The Kier molecular flexibility index (Phi) is 17.6. The van der Waals surface area contributed by atoms with Gasteiger partial charge < -0.3 is 5.32 Å². The third-order valence-corrected chi connectivity index (χ3v) is 5.90. The smallest absolute Gasteiger partial charge is 0.164 e. The van der Waals surface area contributed by atoms with Crippen LogP contribution in [0.15, 0.2) is 24.3 Å². The Morgan fingerprint density at radius 1 is 0.667 bits per heavy atom. The van der Waals surface area contributed by atoms with Gasteiger partial charge in [0.15, 0.2) is 5.78 Å². The molecule has 0 spiro atoms. The molecular weight excluding hydrogens is 373 g/mol. The second-order valence-corrected chi connectivity index (χ2v) is 8.73. The number of hydrogen-bond donors (Lipinski definition) is 1. The van der Waals surface area contributed by atoms with Crippen LogP contribution in [0.5, 0.6) is 0 Å². The molecule has 0 atom stereocenters. The fourth-order valence-electron chi connectivity index (χ4n) is 3.91. The lowest BCUT2D eigenvalue weighted by Gasteiger charge is -2.05. The molecule has 2 nitrogen and oxygen atoms in total. The van der Waals surface area contributed by atoms with Gasteiger partial charge in [-0.3, -0.25) is 4.79 Å². The van der Waals surface area contributed by atoms with E-state index in [1.807, 2.05) is 0 Å². The second kappa shape index (κ2) is 19.7. The topological polar surface area (TPSA) is 29.1 Å². The second-order valence-electron chi connectivity index (χ2n) is 8.73. The summed E-state index contributed by atoms with van der Waals surface area (Å²) in [6.45, 7) is 3.97. The van der Waals surface area contributed by atoms with E-state index in [0.29, 0.717) is 18.5 Å². The molecule has 0 aliphatic heterocycles. The van der Waals surface area contributed by atoms with Crippen LogP contribution in [0.2, 0.25) is 0 Å². The van der Waals surface area contributed by atoms with Gasteiger partial charge in [0.05, 0.1) is 0 Å². The van der Waals surface area contributed by atoms with Crippen molar-refractivity contribution in [2.24, 2.45) is 0 Å². The van der Waals surface area contributed by atoms with E-state index in [1.165, 1.54) is 115 Å². The molecule has 0 amide bonds. The minimum Gasteiger partial charge on any atom is -0.316 e. The third kappa shape index (κ3) is 15.6. The summed E-state index contributed by atoms with van der Waals surface area (Å²) >= 11 is 0. The molecule has 0 saturated carbocycles. The average molecular weight is 420 g/mol. The number of hydrogen-bond acceptors (Lipinski definition) is 2. The minimum absolute atomic E-state index is 0.0782. The van der Waals surface area contributed by atoms with E-state index in [4.69, 9.17) is 0 Å². The van der Waals surface area contributed by atoms with Gasteiger partial charge in [-0.15, -0.1) is 0 Å². The van der Waals surface area contributed by atoms with E-state index in [0.717, 1.165) is 6.54 Å². The Morgan fingerprint density at radius 2 is 1.10 bits per heavy atom. The normalized spacial score (nSPS) is 11.1. The summed E-state index contributed by atoms with van der Waals surface area (Å²) in [6, 6.07) is 5.81. The van der Waals surface area contributed by atoms with E-state index < -0.39 is 0 Å². The maximum Gasteiger partial charge on any atom is 0.164 e. The predicted molar refractivity (Wildman–Crippen MR) is 128 cm³/mol. The molecule has 3 heteroatoms. The van der Waals surface area contributed by atoms with Crippen LogP contribution in [0.1, 0.15) is 126 Å². The number of benzene rings is 1. The minimum atomic E-state index is -0.298. The van der Waals surface area contributed by atoms with Crippen LogP contribution in [-0.2, 0) is 0 Å². The Morgan fingerprint density at radius 3 is 1.57 bits per heavy atom. The highest BCUT2D eigenvalue weighted by Crippen LogP contribution is 2.13. The number of halogens is 1. The fourth-order valence-corrected chi connectivity index (χ4v) is 3.91. The van der Waals surface area contributed by atoms with Crippen molar-refractivity contribution in [2.75, 3.05) is 13.1 Å². The van der Waals surface area contributed by atoms with Crippen LogP contribution >= 0.6 is 0 Å². The maximum atomic E-state index is 12.9. The zero-order valence-electron chi connectivity index (χ0n) is 19.5. The first kappa shape index (κ1) is 26.8. The lowest BCUT2D eigenvalue weighted by atomic mass is 10.0. The molecule has 0 saturated heterocycles. The summed E-state index contributed by atoms with van der Waals surface area (Å²) in [7, 11) is 0. The molecule has 30 heavy (non-hydrogen) atoms. The van der Waals surface area contributed by atoms with Crippen molar-refractivity contribution in [1.82, 2.24) is 5.32 Å². The van der Waals surface area contributed by atoms with Gasteiger partial charge >= 0.3 is 0 Å². The van der Waals surface area contributed by atoms with Gasteiger partial charge in [0.2, 0.25) is 0 Å². The summed E-state index contributed by atoms with van der Waals surface area (Å²) in [5, 5.41) is 3.35. The Bertz CT molecular complexity index is 514. The van der Waals surface area contributed by atoms with Crippen LogP contribution in [0, 0.1) is 5.82 Å². The number of carbonyl (C=O) groups excluding carboxylic acids is 1. The number of nitrogens with one attached hydrogen (secondary N) is 1. The van der Waals surface area contributed by atoms with Crippen molar-refractivity contribution in [2.45, 2.75) is 116 Å². The summed E-state index contributed by atoms with van der Waals surface area (Å²) in [5.74, 6) is -0.220. The highest BCUT2D eigenvalue weighted by atomic mass is 19.1. The SMILES string of the molecule is CCCCCCCCCCCCCCCCCCNCCC(=O)c1ccc(F)cc1. The molecule has 172 valence electrons. The number of rotatable bonds is 21. The van der Waals surface area contributed by atoms with Crippen molar-refractivity contribution in [3.8, 4) is 0 Å². The monoisotopic (exact) mass is 419 g/mol. The molecular formula is C27H46FNO. The van der Waals surface area contributed by atoms with Crippen molar-refractivity contribution in [1.29, 1.82) is 0 Å². The fraction of sp³-hybridized carbons (Fsp3) is 0.741. The molecule has 0 aromatic heterocycles. The molecule has 0 unspecified atom stereocenters. The van der Waals surface area contributed by atoms with Crippen molar-refractivity contribution in [3.05, 3.63) is 35.6 Å². The first-order valence-electron chi connectivity index (χ1n) is 12.7. The number of Topliss-reactive ketones (excluding diaryl/α,β-unsaturated/α-hetero) is 1. The standard InChI is InChI=1S/C27H46FNO/c1-2-3-4-5-6-7-8-9-10-11-12-13-14-15-16-17-23-29-24-22-27(30)25-18-20-26(28)21-19-25/h18-21,29H,2-17,22-24H2,1H3. The molecule has 0 aliphatic carbocycles. The van der Waals surface area contributed by atoms with Crippen LogP contribution in [0.4, 0.5) is 4.39 Å². The van der Waals surface area contributed by atoms with Gasteiger partial charge in [-0.2, -0.15) is 0 Å². The van der Waals surface area contributed by atoms with Crippen molar-refractivity contribution >= 4 is 5.78 Å². The molecule has 0 radical (unpaired) electrons. The first-order valence-corrected chi connectivity index (χ1v) is 12.7. The highest BCUT2D eigenvalue weighted by Gasteiger charge is 2.05. The zero-order valence-corrected chi connectivity index (χ0v) is 19.5. The van der Waals surface area contributed by atoms with Crippen LogP contribution in [0.3, 0.4) is 0 Å². The van der Waals surface area contributed by atoms with Gasteiger partial charge in [-0.05, 0) is 37.2 Å². The van der Waals surface area contributed by atoms with Crippen molar-refractivity contribution < 1.29 is 9.18 Å². The Hall–Kier alpha value is -1.22. The van der Waals surface area contributed by atoms with Gasteiger partial charge in [0.25, 0.3) is 0 Å². The highest BCUT2D eigenvalue weighted by molar-refractivity contribution is 5.96. The maximum absolute atomic E-state index is 12.9. The van der Waals surface area contributed by atoms with Crippen LogP contribution < -0.4 is 5.32 Å². The molecule has 0 heterocycles. The average Bonchev–Trinajstić information content (AvgIpc) is 2.75. The summed E-state index contributed by atoms with van der Waals surface area (Å²) in [6.07, 6.45) is 22.6. The molecule has 1 aromatic carbocycles. The van der Waals surface area contributed by atoms with E-state index in [-0.39, 0.29) is 11.6 Å². The first-order chi connectivity index (χ1) is 14.7. The van der Waals surface area contributed by atoms with Crippen LogP contribution in [0.25, 0.3) is 0 Å². The summed E-state index contributed by atoms with van der Waals surface area (Å²) in [4.78, 5) is 12.0. The lowest BCUT2D eigenvalue weighted by molar-refractivity contribution is 0.0982. The largest absolute Gasteiger partial charge is 0.316 e. The zero-order chi connectivity index (χ0) is 21.7. The van der Waals surface area contributed by atoms with E-state index in [1.54, 1.807) is 12.1 Å². The van der Waals surface area contributed by atoms with Gasteiger partial charge in [-0.1, -0.05) is 103 Å². The predicted octanol–water partition coefficient (Wildman–Crippen LogP) is 8.25. The van der Waals surface area contributed by atoms with E-state index in [2.05, 4.69) is 12.2 Å². The van der Waals surface area contributed by atoms with Crippen molar-refractivity contribution in [3.63, 3.8) is 0 Å². The molecule has 1 rings (SSSR count). The Labute approximate surface area is 185 Å². The number of ketones is 1. The quantitative estimate of drug-likeness (QED) is 0.160. The third-order valence-electron chi connectivity index (χ3n) is 5.90. The molecule has 0 fully saturated rings. The molecule has 1 N–H and O–H groups in total. The lowest BCUT2D eigenvalue weighted by Crippen LogP contribution is -2.19. The summed E-state index contributed by atoms with van der Waals surface area (Å²) in [5.41, 5.74) is 0.598. The van der Waals surface area contributed by atoms with Gasteiger partial charge in [0, 0.05) is 18.5 Å². The molecule has 0 bridgehead atoms. The van der Waals surface area contributed by atoms with Crippen LogP contribution in [-0.4, -0.2) is 18.9 Å². The van der Waals surface area contributed by atoms with E-state index >= 15 is 0 Å². The van der Waals surface area contributed by atoms with E-state index in [9.17, 15) is 9.18 Å².